The number of unbranched alkanes of at least 4 members (excludes halogenated alkanes) is 2. The van der Waals surface area contributed by atoms with Crippen LogP contribution >= 0.6 is 0 Å². The third kappa shape index (κ3) is 4.93. The zero-order valence-corrected chi connectivity index (χ0v) is 12.9. The van der Waals surface area contributed by atoms with Gasteiger partial charge in [0.05, 0.1) is 0 Å². The monoisotopic (exact) mass is 296 g/mol. The Morgan fingerprint density at radius 3 is 2.27 bits per heavy atom. The van der Waals surface area contributed by atoms with Crippen LogP contribution in [0, 0.1) is 0 Å². The molecule has 2 aromatic carbocycles. The highest BCUT2D eigenvalue weighted by atomic mass is 16.5. The summed E-state index contributed by atoms with van der Waals surface area (Å²) in [7, 11) is 0. The second-order valence-electron chi connectivity index (χ2n) is 5.57. The van der Waals surface area contributed by atoms with Crippen molar-refractivity contribution in [2.45, 2.75) is 32.1 Å². The molecule has 0 unspecified atom stereocenters. The first kappa shape index (κ1) is 16.1. The van der Waals surface area contributed by atoms with Gasteiger partial charge in [0.1, 0.15) is 0 Å². The number of benzene rings is 2. The molecule has 0 saturated heterocycles. The van der Waals surface area contributed by atoms with Gasteiger partial charge in [-0.3, -0.25) is 10.7 Å². The van der Waals surface area contributed by atoms with Gasteiger partial charge in [0.25, 0.3) is 0 Å². The molecule has 3 heteroatoms. The standard InChI is InChI=1S/C19H24N2O/c1-15(8-4-3-5-9-16(2)21-22)20-19-13-12-17-10-6-7-11-18(17)14-19/h6-7,10-14,20-22H,1-5,8-9H2. The van der Waals surface area contributed by atoms with Crippen molar-refractivity contribution < 1.29 is 5.21 Å². The van der Waals surface area contributed by atoms with Crippen LogP contribution in [0.25, 0.3) is 10.8 Å². The van der Waals surface area contributed by atoms with Crippen LogP contribution in [0.4, 0.5) is 5.69 Å². The van der Waals surface area contributed by atoms with Crippen LogP contribution in [-0.2, 0) is 0 Å². The van der Waals surface area contributed by atoms with Crippen LogP contribution in [0.5, 0.6) is 0 Å². The SMILES string of the molecule is C=C(CCCCCC(=C)Nc1ccc2ccccc2c1)NO. The molecule has 0 radical (unpaired) electrons. The Labute approximate surface area is 132 Å². The minimum absolute atomic E-state index is 0.674. The number of fused-ring (bicyclic) bond motifs is 1. The zero-order chi connectivity index (χ0) is 15.8. The zero-order valence-electron chi connectivity index (χ0n) is 12.9. The second kappa shape index (κ2) is 8.25. The average Bonchev–Trinajstić information content (AvgIpc) is 2.54. The van der Waals surface area contributed by atoms with Crippen molar-refractivity contribution in [3.63, 3.8) is 0 Å². The van der Waals surface area contributed by atoms with Gasteiger partial charge in [-0.05, 0) is 48.6 Å². The van der Waals surface area contributed by atoms with Gasteiger partial charge in [0.2, 0.25) is 0 Å². The summed E-state index contributed by atoms with van der Waals surface area (Å²) in [4.78, 5) is 0. The Balaban J connectivity index is 1.75. The Morgan fingerprint density at radius 1 is 0.864 bits per heavy atom. The van der Waals surface area contributed by atoms with Gasteiger partial charge in [-0.25, -0.2) is 0 Å². The molecule has 0 spiro atoms. The van der Waals surface area contributed by atoms with Crippen molar-refractivity contribution in [1.82, 2.24) is 5.48 Å². The number of hydroxylamine groups is 1. The lowest BCUT2D eigenvalue weighted by atomic mass is 10.1. The van der Waals surface area contributed by atoms with Gasteiger partial charge in [0, 0.05) is 17.1 Å². The Kier molecular flexibility index (Phi) is 6.04. The summed E-state index contributed by atoms with van der Waals surface area (Å²) in [5.41, 5.74) is 4.88. The number of nitrogens with one attached hydrogen (secondary N) is 2. The molecule has 116 valence electrons. The molecule has 0 bridgehead atoms. The van der Waals surface area contributed by atoms with Gasteiger partial charge in [-0.1, -0.05) is 49.9 Å². The Hall–Kier alpha value is -2.26. The van der Waals surface area contributed by atoms with E-state index in [1.54, 1.807) is 0 Å². The van der Waals surface area contributed by atoms with E-state index in [9.17, 15) is 0 Å². The summed E-state index contributed by atoms with van der Waals surface area (Å²) < 4.78 is 0. The smallest absolute Gasteiger partial charge is 0.0388 e. The maximum atomic E-state index is 8.65. The summed E-state index contributed by atoms with van der Waals surface area (Å²) in [6.07, 6.45) is 4.96. The van der Waals surface area contributed by atoms with Crippen LogP contribution in [0.3, 0.4) is 0 Å². The largest absolute Gasteiger partial charge is 0.359 e. The van der Waals surface area contributed by atoms with Crippen LogP contribution in [-0.4, -0.2) is 5.21 Å². The minimum Gasteiger partial charge on any atom is -0.359 e. The number of anilines is 1. The number of rotatable bonds is 9. The number of hydrogen-bond acceptors (Lipinski definition) is 3. The van der Waals surface area contributed by atoms with Crippen molar-refractivity contribution in [3.05, 3.63) is 67.0 Å². The van der Waals surface area contributed by atoms with Gasteiger partial charge in [-0.15, -0.1) is 0 Å². The molecule has 2 rings (SSSR count). The Morgan fingerprint density at radius 2 is 1.55 bits per heavy atom. The van der Waals surface area contributed by atoms with Crippen molar-refractivity contribution >= 4 is 16.5 Å². The molecular weight excluding hydrogens is 272 g/mol. The van der Waals surface area contributed by atoms with E-state index in [1.165, 1.54) is 10.8 Å². The maximum Gasteiger partial charge on any atom is 0.0388 e. The van der Waals surface area contributed by atoms with Crippen molar-refractivity contribution in [1.29, 1.82) is 0 Å². The Bertz CT molecular complexity index is 649. The molecule has 2 aromatic rings. The van der Waals surface area contributed by atoms with E-state index >= 15 is 0 Å². The molecule has 0 aliphatic carbocycles. The lowest BCUT2D eigenvalue weighted by Crippen LogP contribution is -2.04. The van der Waals surface area contributed by atoms with E-state index in [0.29, 0.717) is 5.70 Å². The predicted molar refractivity (Wildman–Crippen MR) is 93.9 cm³/mol. The first-order valence-electron chi connectivity index (χ1n) is 7.70. The van der Waals surface area contributed by atoms with Crippen LogP contribution < -0.4 is 10.8 Å². The summed E-state index contributed by atoms with van der Waals surface area (Å²) in [6.45, 7) is 7.79. The maximum absolute atomic E-state index is 8.65. The molecule has 22 heavy (non-hydrogen) atoms. The van der Waals surface area contributed by atoms with Gasteiger partial charge in [0.15, 0.2) is 0 Å². The molecule has 0 saturated carbocycles. The van der Waals surface area contributed by atoms with Gasteiger partial charge in [-0.2, -0.15) is 0 Å². The van der Waals surface area contributed by atoms with Crippen LogP contribution in [0.1, 0.15) is 32.1 Å². The molecule has 0 aliphatic heterocycles. The summed E-state index contributed by atoms with van der Waals surface area (Å²) in [5, 5.41) is 14.5. The third-order valence-corrected chi connectivity index (χ3v) is 3.69. The molecule has 0 aliphatic rings. The van der Waals surface area contributed by atoms with E-state index in [0.717, 1.165) is 43.5 Å². The second-order valence-corrected chi connectivity index (χ2v) is 5.57. The highest BCUT2D eigenvalue weighted by Crippen LogP contribution is 2.21. The molecule has 0 heterocycles. The molecular formula is C19H24N2O. The quantitative estimate of drug-likeness (QED) is 0.440. The van der Waals surface area contributed by atoms with E-state index in [4.69, 9.17) is 5.21 Å². The first-order chi connectivity index (χ1) is 10.7. The first-order valence-corrected chi connectivity index (χ1v) is 7.70. The third-order valence-electron chi connectivity index (χ3n) is 3.69. The van der Waals surface area contributed by atoms with E-state index in [2.05, 4.69) is 66.4 Å². The molecule has 0 atom stereocenters. The molecule has 0 fully saturated rings. The van der Waals surface area contributed by atoms with Gasteiger partial charge < -0.3 is 5.32 Å². The van der Waals surface area contributed by atoms with E-state index in [-0.39, 0.29) is 0 Å². The summed E-state index contributed by atoms with van der Waals surface area (Å²) in [5.74, 6) is 0. The average molecular weight is 296 g/mol. The lowest BCUT2D eigenvalue weighted by molar-refractivity contribution is 0.196. The van der Waals surface area contributed by atoms with E-state index < -0.39 is 0 Å². The van der Waals surface area contributed by atoms with E-state index in [1.807, 2.05) is 0 Å². The summed E-state index contributed by atoms with van der Waals surface area (Å²) >= 11 is 0. The molecule has 3 nitrogen and oxygen atoms in total. The number of allylic oxidation sites excluding steroid dienone is 2. The highest BCUT2D eigenvalue weighted by Gasteiger charge is 1.99. The van der Waals surface area contributed by atoms with Crippen LogP contribution in [0.15, 0.2) is 67.0 Å². The molecule has 3 N–H and O–H groups in total. The molecule has 0 amide bonds. The predicted octanol–water partition coefficient (Wildman–Crippen LogP) is 5.21. The van der Waals surface area contributed by atoms with Crippen molar-refractivity contribution in [2.75, 3.05) is 5.32 Å². The topological polar surface area (TPSA) is 44.3 Å². The van der Waals surface area contributed by atoms with Gasteiger partial charge >= 0.3 is 0 Å². The fraction of sp³-hybridized carbons (Fsp3) is 0.263. The molecule has 0 aromatic heterocycles. The summed E-state index contributed by atoms with van der Waals surface area (Å²) in [6, 6.07) is 14.7. The van der Waals surface area contributed by atoms with Crippen LogP contribution in [0.2, 0.25) is 0 Å². The normalized spacial score (nSPS) is 10.4. The van der Waals surface area contributed by atoms with Crippen molar-refractivity contribution in [3.8, 4) is 0 Å². The minimum atomic E-state index is 0.674. The lowest BCUT2D eigenvalue weighted by Gasteiger charge is -2.10. The fourth-order valence-corrected chi connectivity index (χ4v) is 2.44. The fourth-order valence-electron chi connectivity index (χ4n) is 2.44. The van der Waals surface area contributed by atoms with Crippen molar-refractivity contribution in [2.24, 2.45) is 0 Å². The highest BCUT2D eigenvalue weighted by molar-refractivity contribution is 5.85. The number of hydrogen-bond donors (Lipinski definition) is 3.